The second-order valence-corrected chi connectivity index (χ2v) is 9.21. The van der Waals surface area contributed by atoms with Crippen LogP contribution in [0.25, 0.3) is 0 Å². The molecule has 2 N–H and O–H groups in total. The molecule has 1 aromatic rings. The van der Waals surface area contributed by atoms with Crippen molar-refractivity contribution < 1.29 is 21.8 Å². The summed E-state index contributed by atoms with van der Waals surface area (Å²) in [5.74, 6) is 0. The van der Waals surface area contributed by atoms with Crippen LogP contribution in [0.2, 0.25) is 0 Å². The van der Waals surface area contributed by atoms with Crippen LogP contribution in [-0.2, 0) is 20.0 Å². The smallest absolute Gasteiger partial charge is 0.270 e. The van der Waals surface area contributed by atoms with Crippen LogP contribution in [0.15, 0.2) is 23.1 Å². The molecule has 0 heterocycles. The lowest BCUT2D eigenvalue weighted by Gasteiger charge is -2.20. The van der Waals surface area contributed by atoms with Gasteiger partial charge in [0.25, 0.3) is 5.69 Å². The number of hydrogen-bond donors (Lipinski definition) is 2. The number of sulfonamides is 2. The zero-order valence-corrected chi connectivity index (χ0v) is 16.6. The fourth-order valence-electron chi connectivity index (χ4n) is 2.26. The Morgan fingerprint density at radius 3 is 2.23 bits per heavy atom. The third-order valence-corrected chi connectivity index (χ3v) is 6.35. The largest absolute Gasteiger partial charge is 0.384 e. The second kappa shape index (κ2) is 9.26. The van der Waals surface area contributed by atoms with Crippen LogP contribution in [0.1, 0.15) is 20.3 Å². The quantitative estimate of drug-likeness (QED) is 0.316. The molecule has 0 aliphatic rings. The minimum atomic E-state index is -3.90. The molecule has 26 heavy (non-hydrogen) atoms. The average Bonchev–Trinajstić information content (AvgIpc) is 2.54. The molecule has 0 spiro atoms. The van der Waals surface area contributed by atoms with Gasteiger partial charge in [0, 0.05) is 38.3 Å². The number of nitrogens with one attached hydrogen (secondary N) is 2. The van der Waals surface area contributed by atoms with E-state index >= 15 is 0 Å². The number of hydrogen-bond acceptors (Lipinski definition) is 7. The van der Waals surface area contributed by atoms with E-state index in [1.165, 1.54) is 16.4 Å². The first kappa shape index (κ1) is 22.3. The van der Waals surface area contributed by atoms with Crippen LogP contribution >= 0.6 is 0 Å². The summed E-state index contributed by atoms with van der Waals surface area (Å²) in [7, 11) is -7.19. The average molecular weight is 409 g/mol. The lowest BCUT2D eigenvalue weighted by molar-refractivity contribution is -0.385. The van der Waals surface area contributed by atoms with Crippen LogP contribution in [0.4, 0.5) is 11.4 Å². The molecule has 0 amide bonds. The molecule has 0 bridgehead atoms. The molecule has 10 nitrogen and oxygen atoms in total. The highest BCUT2D eigenvalue weighted by Crippen LogP contribution is 2.29. The molecule has 0 radical (unpaired) electrons. The number of nitrogens with zero attached hydrogens (tertiary/aromatic N) is 2. The lowest BCUT2D eigenvalue weighted by Crippen LogP contribution is -2.31. The summed E-state index contributed by atoms with van der Waals surface area (Å²) in [5, 5.41) is 13.9. The number of nitro groups is 1. The van der Waals surface area contributed by atoms with Crippen molar-refractivity contribution >= 4 is 31.4 Å². The third-order valence-electron chi connectivity index (χ3n) is 3.53. The van der Waals surface area contributed by atoms with E-state index in [-0.39, 0.29) is 35.9 Å². The fraction of sp³-hybridized carbons (Fsp3) is 0.571. The first-order valence-corrected chi connectivity index (χ1v) is 11.3. The van der Waals surface area contributed by atoms with Gasteiger partial charge < -0.3 is 5.32 Å². The number of anilines is 1. The Morgan fingerprint density at radius 1 is 1.12 bits per heavy atom. The molecule has 0 saturated carbocycles. The summed E-state index contributed by atoms with van der Waals surface area (Å²) in [6.07, 6.45) is 1.46. The molecule has 12 heteroatoms. The predicted molar refractivity (Wildman–Crippen MR) is 99.2 cm³/mol. The maximum atomic E-state index is 12.8. The summed E-state index contributed by atoms with van der Waals surface area (Å²) >= 11 is 0. The first-order valence-electron chi connectivity index (χ1n) is 8.00. The highest BCUT2D eigenvalue weighted by molar-refractivity contribution is 7.89. The predicted octanol–water partition coefficient (Wildman–Crippen LogP) is 0.977. The Labute approximate surface area is 153 Å². The van der Waals surface area contributed by atoms with Crippen molar-refractivity contribution in [3.63, 3.8) is 0 Å². The SMILES string of the molecule is CCN(CC)S(=O)(=O)c1cc([N+](=O)[O-])ccc1NCCCNS(C)(=O)=O. The Bertz CT molecular complexity index is 835. The van der Waals surface area contributed by atoms with E-state index in [9.17, 15) is 26.9 Å². The van der Waals surface area contributed by atoms with Gasteiger partial charge in [0.15, 0.2) is 0 Å². The van der Waals surface area contributed by atoms with Crippen molar-refractivity contribution in [3.05, 3.63) is 28.3 Å². The molecule has 1 rings (SSSR count). The molecule has 0 saturated heterocycles. The van der Waals surface area contributed by atoms with Crippen LogP contribution in [0.3, 0.4) is 0 Å². The number of benzene rings is 1. The van der Waals surface area contributed by atoms with Crippen molar-refractivity contribution in [1.82, 2.24) is 9.03 Å². The van der Waals surface area contributed by atoms with Gasteiger partial charge >= 0.3 is 0 Å². The van der Waals surface area contributed by atoms with Gasteiger partial charge in [-0.15, -0.1) is 0 Å². The van der Waals surface area contributed by atoms with E-state index in [1.54, 1.807) is 13.8 Å². The Kier molecular flexibility index (Phi) is 7.93. The molecule has 0 aliphatic carbocycles. The lowest BCUT2D eigenvalue weighted by atomic mass is 10.2. The van der Waals surface area contributed by atoms with E-state index < -0.39 is 25.0 Å². The number of nitro benzene ring substituents is 1. The summed E-state index contributed by atoms with van der Waals surface area (Å²) in [4.78, 5) is 10.2. The van der Waals surface area contributed by atoms with Gasteiger partial charge in [0.05, 0.1) is 16.9 Å². The topological polar surface area (TPSA) is 139 Å². The van der Waals surface area contributed by atoms with Gasteiger partial charge in [-0.1, -0.05) is 13.8 Å². The summed E-state index contributed by atoms with van der Waals surface area (Å²) in [6.45, 7) is 4.32. The molecule has 0 atom stereocenters. The van der Waals surface area contributed by atoms with E-state index in [2.05, 4.69) is 10.0 Å². The minimum absolute atomic E-state index is 0.175. The second-order valence-electron chi connectivity index (χ2n) is 5.47. The fourth-order valence-corrected chi connectivity index (χ4v) is 4.42. The maximum absolute atomic E-state index is 12.8. The molecule has 1 aromatic carbocycles. The van der Waals surface area contributed by atoms with Gasteiger partial charge in [-0.05, 0) is 12.5 Å². The number of non-ortho nitro benzene ring substituents is 1. The van der Waals surface area contributed by atoms with E-state index in [0.29, 0.717) is 13.0 Å². The van der Waals surface area contributed by atoms with Crippen molar-refractivity contribution in [2.45, 2.75) is 25.2 Å². The van der Waals surface area contributed by atoms with Crippen LogP contribution in [-0.4, -0.2) is 58.5 Å². The zero-order valence-electron chi connectivity index (χ0n) is 14.9. The van der Waals surface area contributed by atoms with E-state index in [1.807, 2.05) is 0 Å². The molecule has 148 valence electrons. The van der Waals surface area contributed by atoms with Gasteiger partial charge in [-0.2, -0.15) is 4.31 Å². The van der Waals surface area contributed by atoms with Crippen LogP contribution in [0, 0.1) is 10.1 Å². The monoisotopic (exact) mass is 408 g/mol. The highest BCUT2D eigenvalue weighted by Gasteiger charge is 2.27. The normalized spacial score (nSPS) is 12.3. The minimum Gasteiger partial charge on any atom is -0.384 e. The van der Waals surface area contributed by atoms with Gasteiger partial charge in [0.1, 0.15) is 4.90 Å². The summed E-state index contributed by atoms with van der Waals surface area (Å²) in [5.41, 5.74) is -0.0816. The van der Waals surface area contributed by atoms with Crippen LogP contribution < -0.4 is 10.0 Å². The molecule has 0 aromatic heterocycles. The molecular formula is C14H24N4O6S2. The summed E-state index contributed by atoms with van der Waals surface area (Å²) in [6, 6.07) is 3.60. The number of rotatable bonds is 11. The van der Waals surface area contributed by atoms with Crippen molar-refractivity contribution in [2.24, 2.45) is 0 Å². The summed E-state index contributed by atoms with van der Waals surface area (Å²) < 4.78 is 51.1. The van der Waals surface area contributed by atoms with Gasteiger partial charge in [-0.25, -0.2) is 21.6 Å². The van der Waals surface area contributed by atoms with Crippen molar-refractivity contribution in [3.8, 4) is 0 Å². The van der Waals surface area contributed by atoms with E-state index in [4.69, 9.17) is 0 Å². The molecule has 0 fully saturated rings. The van der Waals surface area contributed by atoms with Crippen molar-refractivity contribution in [2.75, 3.05) is 37.8 Å². The van der Waals surface area contributed by atoms with Gasteiger partial charge in [0.2, 0.25) is 20.0 Å². The van der Waals surface area contributed by atoms with E-state index in [0.717, 1.165) is 12.3 Å². The van der Waals surface area contributed by atoms with Crippen molar-refractivity contribution in [1.29, 1.82) is 0 Å². The van der Waals surface area contributed by atoms with Crippen LogP contribution in [0.5, 0.6) is 0 Å². The molecule has 0 unspecified atom stereocenters. The standard InChI is InChI=1S/C14H24N4O6S2/c1-4-17(5-2)26(23,24)14-11-12(18(19)20)7-8-13(14)15-9-6-10-16-25(3,21)22/h7-8,11,15-16H,4-6,9-10H2,1-3H3. The zero-order chi connectivity index (χ0) is 20.0. The first-order chi connectivity index (χ1) is 12.0. The molecule has 0 aliphatic heterocycles. The Balaban J connectivity index is 3.06. The highest BCUT2D eigenvalue weighted by atomic mass is 32.2. The third kappa shape index (κ3) is 6.20. The molecular weight excluding hydrogens is 384 g/mol. The Hall–Kier alpha value is -1.76. The maximum Gasteiger partial charge on any atom is 0.270 e. The Morgan fingerprint density at radius 2 is 1.73 bits per heavy atom. The van der Waals surface area contributed by atoms with Gasteiger partial charge in [-0.3, -0.25) is 10.1 Å².